The second-order valence-corrected chi connectivity index (χ2v) is 8.72. The highest BCUT2D eigenvalue weighted by atomic mass is 32.2. The molecule has 0 unspecified atom stereocenters. The summed E-state index contributed by atoms with van der Waals surface area (Å²) in [6.45, 7) is 0.664. The number of rotatable bonds is 3. The number of carbonyl (C=O) groups excluding carboxylic acids is 1. The van der Waals surface area contributed by atoms with Crippen molar-refractivity contribution in [2.24, 2.45) is 0 Å². The van der Waals surface area contributed by atoms with Gasteiger partial charge in [0.05, 0.1) is 21.9 Å². The Balaban J connectivity index is 1.52. The SMILES string of the molecule is N#Cc1ccc(S(=O)(=O)N2CCN(C(=O)c3n[nH]c(=O)c4ccccc34)CC2)cc1. The summed E-state index contributed by atoms with van der Waals surface area (Å²) in [5.41, 5.74) is 0.138. The molecular weight excluding hydrogens is 406 g/mol. The average molecular weight is 423 g/mol. The van der Waals surface area contributed by atoms with E-state index in [1.807, 2.05) is 6.07 Å². The molecule has 9 nitrogen and oxygen atoms in total. The summed E-state index contributed by atoms with van der Waals surface area (Å²) in [7, 11) is -3.72. The van der Waals surface area contributed by atoms with Gasteiger partial charge >= 0.3 is 0 Å². The molecule has 0 atom stereocenters. The fourth-order valence-electron chi connectivity index (χ4n) is 3.41. The van der Waals surface area contributed by atoms with Crippen LogP contribution in [0.4, 0.5) is 0 Å². The van der Waals surface area contributed by atoms with Crippen molar-refractivity contribution in [3.63, 3.8) is 0 Å². The van der Waals surface area contributed by atoms with Gasteiger partial charge in [-0.25, -0.2) is 13.5 Å². The number of aromatic amines is 1. The summed E-state index contributed by atoms with van der Waals surface area (Å²) >= 11 is 0. The number of fused-ring (bicyclic) bond motifs is 1. The van der Waals surface area contributed by atoms with Gasteiger partial charge in [-0.2, -0.15) is 14.7 Å². The van der Waals surface area contributed by atoms with Crippen molar-refractivity contribution in [3.05, 3.63) is 70.1 Å². The van der Waals surface area contributed by atoms with Gasteiger partial charge in [-0.05, 0) is 30.3 Å². The van der Waals surface area contributed by atoms with Crippen LogP contribution >= 0.6 is 0 Å². The number of piperazine rings is 1. The predicted molar refractivity (Wildman–Crippen MR) is 108 cm³/mol. The Labute approximate surface area is 172 Å². The van der Waals surface area contributed by atoms with Gasteiger partial charge in [0.2, 0.25) is 10.0 Å². The number of nitrogens with zero attached hydrogens (tertiary/aromatic N) is 4. The van der Waals surface area contributed by atoms with Crippen LogP contribution in [0.3, 0.4) is 0 Å². The molecule has 2 heterocycles. The first-order chi connectivity index (χ1) is 14.4. The van der Waals surface area contributed by atoms with Crippen LogP contribution in [0.2, 0.25) is 0 Å². The van der Waals surface area contributed by atoms with E-state index in [0.29, 0.717) is 16.3 Å². The fourth-order valence-corrected chi connectivity index (χ4v) is 4.83. The molecule has 152 valence electrons. The van der Waals surface area contributed by atoms with E-state index in [2.05, 4.69) is 10.2 Å². The average Bonchev–Trinajstić information content (AvgIpc) is 2.79. The van der Waals surface area contributed by atoms with E-state index in [1.165, 1.54) is 33.5 Å². The number of hydrogen-bond acceptors (Lipinski definition) is 6. The molecule has 2 aromatic carbocycles. The number of sulfonamides is 1. The Bertz CT molecular complexity index is 1320. The minimum Gasteiger partial charge on any atom is -0.335 e. The number of H-pyrrole nitrogens is 1. The topological polar surface area (TPSA) is 127 Å². The first-order valence-electron chi connectivity index (χ1n) is 9.19. The maximum atomic E-state index is 13.0. The number of aromatic nitrogens is 2. The molecule has 1 amide bonds. The zero-order valence-corrected chi connectivity index (χ0v) is 16.6. The minimum atomic E-state index is -3.72. The van der Waals surface area contributed by atoms with E-state index < -0.39 is 10.0 Å². The standard InChI is InChI=1S/C20H17N5O4S/c21-13-14-5-7-15(8-6-14)30(28,29)25-11-9-24(10-12-25)20(27)18-16-3-1-2-4-17(16)19(26)23-22-18/h1-8H,9-12H2,(H,23,26). The second kappa shape index (κ2) is 7.70. The quantitative estimate of drug-likeness (QED) is 0.668. The highest BCUT2D eigenvalue weighted by Gasteiger charge is 2.31. The number of amides is 1. The van der Waals surface area contributed by atoms with Crippen molar-refractivity contribution in [1.29, 1.82) is 5.26 Å². The smallest absolute Gasteiger partial charge is 0.275 e. The Morgan fingerprint density at radius 1 is 1.00 bits per heavy atom. The molecule has 3 aromatic rings. The minimum absolute atomic E-state index is 0.106. The fraction of sp³-hybridized carbons (Fsp3) is 0.200. The lowest BCUT2D eigenvalue weighted by Gasteiger charge is -2.33. The van der Waals surface area contributed by atoms with Gasteiger partial charge in [-0.3, -0.25) is 9.59 Å². The maximum Gasteiger partial charge on any atom is 0.275 e. The molecule has 1 aliphatic rings. The van der Waals surface area contributed by atoms with Gasteiger partial charge in [-0.15, -0.1) is 0 Å². The molecule has 0 aliphatic carbocycles. The van der Waals surface area contributed by atoms with E-state index in [0.717, 1.165) is 0 Å². The number of carbonyl (C=O) groups is 1. The van der Waals surface area contributed by atoms with Crippen molar-refractivity contribution in [2.75, 3.05) is 26.2 Å². The van der Waals surface area contributed by atoms with Crippen LogP contribution in [-0.2, 0) is 10.0 Å². The van der Waals surface area contributed by atoms with Crippen LogP contribution in [0.15, 0.2) is 58.2 Å². The van der Waals surface area contributed by atoms with Crippen molar-refractivity contribution in [3.8, 4) is 6.07 Å². The Morgan fingerprint density at radius 3 is 2.27 bits per heavy atom. The maximum absolute atomic E-state index is 13.0. The molecule has 0 bridgehead atoms. The summed E-state index contributed by atoms with van der Waals surface area (Å²) in [5.74, 6) is -0.363. The number of nitrogens with one attached hydrogen (secondary N) is 1. The summed E-state index contributed by atoms with van der Waals surface area (Å²) in [5, 5.41) is 16.0. The predicted octanol–water partition coefficient (Wildman–Crippen LogP) is 0.941. The van der Waals surface area contributed by atoms with Crippen molar-refractivity contribution in [2.45, 2.75) is 4.90 Å². The third kappa shape index (κ3) is 3.45. The Morgan fingerprint density at radius 2 is 1.63 bits per heavy atom. The van der Waals surface area contributed by atoms with E-state index in [1.54, 1.807) is 24.3 Å². The zero-order valence-electron chi connectivity index (χ0n) is 15.8. The summed E-state index contributed by atoms with van der Waals surface area (Å²) in [6.07, 6.45) is 0. The number of nitriles is 1. The third-order valence-electron chi connectivity index (χ3n) is 5.05. The Kier molecular flexibility index (Phi) is 5.07. The van der Waals surface area contributed by atoms with Crippen LogP contribution in [0, 0.1) is 11.3 Å². The number of benzene rings is 2. The van der Waals surface area contributed by atoms with E-state index >= 15 is 0 Å². The van der Waals surface area contributed by atoms with Gasteiger partial charge in [0.1, 0.15) is 0 Å². The van der Waals surface area contributed by atoms with E-state index in [-0.39, 0.29) is 48.2 Å². The largest absolute Gasteiger partial charge is 0.335 e. The molecule has 30 heavy (non-hydrogen) atoms. The van der Waals surface area contributed by atoms with Crippen molar-refractivity contribution in [1.82, 2.24) is 19.4 Å². The lowest BCUT2D eigenvalue weighted by molar-refractivity contribution is 0.0693. The van der Waals surface area contributed by atoms with Crippen molar-refractivity contribution < 1.29 is 13.2 Å². The zero-order chi connectivity index (χ0) is 21.3. The van der Waals surface area contributed by atoms with Crippen LogP contribution < -0.4 is 5.56 Å². The molecular formula is C20H17N5O4S. The molecule has 10 heteroatoms. The van der Waals surface area contributed by atoms with Gasteiger partial charge in [0, 0.05) is 31.6 Å². The molecule has 1 saturated heterocycles. The van der Waals surface area contributed by atoms with Crippen LogP contribution in [-0.4, -0.2) is 59.9 Å². The van der Waals surface area contributed by atoms with Gasteiger partial charge in [0.25, 0.3) is 11.5 Å². The Hall–Kier alpha value is -3.55. The lowest BCUT2D eigenvalue weighted by Crippen LogP contribution is -2.50. The van der Waals surface area contributed by atoms with Crippen LogP contribution in [0.1, 0.15) is 16.1 Å². The second-order valence-electron chi connectivity index (χ2n) is 6.78. The monoisotopic (exact) mass is 423 g/mol. The number of hydrogen-bond donors (Lipinski definition) is 1. The highest BCUT2D eigenvalue weighted by Crippen LogP contribution is 2.20. The summed E-state index contributed by atoms with van der Waals surface area (Å²) in [4.78, 5) is 26.5. The molecule has 1 aromatic heterocycles. The third-order valence-corrected chi connectivity index (χ3v) is 6.96. The van der Waals surface area contributed by atoms with Gasteiger partial charge in [-0.1, -0.05) is 18.2 Å². The molecule has 0 spiro atoms. The molecule has 0 radical (unpaired) electrons. The molecule has 4 rings (SSSR count). The molecule has 1 aliphatic heterocycles. The highest BCUT2D eigenvalue weighted by molar-refractivity contribution is 7.89. The van der Waals surface area contributed by atoms with Crippen LogP contribution in [0.5, 0.6) is 0 Å². The summed E-state index contributed by atoms with van der Waals surface area (Å²) in [6, 6.07) is 14.4. The van der Waals surface area contributed by atoms with E-state index in [4.69, 9.17) is 5.26 Å². The molecule has 1 fully saturated rings. The van der Waals surface area contributed by atoms with Crippen molar-refractivity contribution >= 4 is 26.7 Å². The molecule has 1 N–H and O–H groups in total. The molecule has 0 saturated carbocycles. The first kappa shape index (κ1) is 19.8. The first-order valence-corrected chi connectivity index (χ1v) is 10.6. The normalized spacial score (nSPS) is 15.1. The van der Waals surface area contributed by atoms with E-state index in [9.17, 15) is 18.0 Å². The van der Waals surface area contributed by atoms with Crippen LogP contribution in [0.25, 0.3) is 10.8 Å². The van der Waals surface area contributed by atoms with Gasteiger partial charge < -0.3 is 4.90 Å². The lowest BCUT2D eigenvalue weighted by atomic mass is 10.1. The summed E-state index contributed by atoms with van der Waals surface area (Å²) < 4.78 is 27.0. The van der Waals surface area contributed by atoms with Gasteiger partial charge in [0.15, 0.2) is 5.69 Å².